The summed E-state index contributed by atoms with van der Waals surface area (Å²) in [6, 6.07) is -0.293. The third kappa shape index (κ3) is 9.59. The summed E-state index contributed by atoms with van der Waals surface area (Å²) in [6.45, 7) is 7.71. The second-order valence-corrected chi connectivity index (χ2v) is 4.55. The van der Waals surface area contributed by atoms with Crippen LogP contribution in [0.4, 0.5) is 0 Å². The molecule has 0 rings (SSSR count). The normalized spacial score (nSPS) is 11.9. The molecule has 0 spiro atoms. The van der Waals surface area contributed by atoms with E-state index in [4.69, 9.17) is 10.4 Å². The number of hydrogen-bond donors (Lipinski definition) is 2. The van der Waals surface area contributed by atoms with E-state index in [-0.39, 0.29) is 81.1 Å². The first-order valence-corrected chi connectivity index (χ1v) is 6.02. The molecule has 0 aromatic heterocycles. The van der Waals surface area contributed by atoms with Crippen LogP contribution in [0.3, 0.4) is 0 Å². The summed E-state index contributed by atoms with van der Waals surface area (Å²) in [5, 5.41) is 47.1. The molecule has 12 heteroatoms. The van der Waals surface area contributed by atoms with Gasteiger partial charge in [0.1, 0.15) is 0 Å². The predicted molar refractivity (Wildman–Crippen MR) is 64.0 cm³/mol. The van der Waals surface area contributed by atoms with E-state index in [1.807, 2.05) is 0 Å². The van der Waals surface area contributed by atoms with Crippen molar-refractivity contribution in [3.63, 3.8) is 0 Å². The molecule has 0 aliphatic carbocycles. The van der Waals surface area contributed by atoms with Crippen LogP contribution in [0.15, 0.2) is 10.6 Å². The van der Waals surface area contributed by atoms with Gasteiger partial charge in [0.05, 0.1) is 35.1 Å². The topological polar surface area (TPSA) is 124 Å². The molecule has 112 valence electrons. The van der Waals surface area contributed by atoms with Crippen molar-refractivity contribution < 1.29 is 79.5 Å². The van der Waals surface area contributed by atoms with E-state index in [0.29, 0.717) is 19.5 Å². The Morgan fingerprint density at radius 2 is 1.14 bits per heavy atom. The van der Waals surface area contributed by atoms with E-state index in [1.54, 1.807) is 27.7 Å². The molecule has 0 aliphatic rings. The molecule has 0 aromatic rings. The molecule has 0 amide bonds. The van der Waals surface area contributed by atoms with E-state index < -0.39 is 0 Å². The van der Waals surface area contributed by atoms with Crippen molar-refractivity contribution in [2.24, 2.45) is 10.6 Å². The minimum Gasteiger partial charge on any atom is -0.569 e. The summed E-state index contributed by atoms with van der Waals surface area (Å²) in [5.74, 6) is 0. The Balaban J connectivity index is -0.00000162. The molecule has 21 heavy (non-hydrogen) atoms. The first kappa shape index (κ1) is 25.9. The summed E-state index contributed by atoms with van der Waals surface area (Å²) in [7, 11) is 0. The van der Waals surface area contributed by atoms with Gasteiger partial charge in [0.15, 0.2) is 0 Å². The van der Waals surface area contributed by atoms with Gasteiger partial charge in [0, 0.05) is 0 Å². The minimum atomic E-state index is -0.146. The zero-order valence-electron chi connectivity index (χ0n) is 13.7. The van der Waals surface area contributed by atoms with Gasteiger partial charge < -0.3 is 20.8 Å². The van der Waals surface area contributed by atoms with Gasteiger partial charge in [-0.3, -0.25) is 0 Å². The van der Waals surface area contributed by atoms with Crippen LogP contribution in [0.1, 0.15) is 34.1 Å². The smallest absolute Gasteiger partial charge is 0.569 e. The largest absolute Gasteiger partial charge is 1.00 e. The zero-order chi connectivity index (χ0) is 15.0. The van der Waals surface area contributed by atoms with Crippen molar-refractivity contribution in [2.75, 3.05) is 13.1 Å². The molecule has 0 heterocycles. The fourth-order valence-corrected chi connectivity index (χ4v) is 1.58. The standard InChI is InChI=1S/C9H22N6O4.2Na/c1-8(2)12(14(18)10-16)6-5-7-13(9(3)4)15(19)11-17;;/h8-9,16-17H,5-7H2,1-4H3;;/q;2*+1. The molecule has 0 saturated carbocycles. The minimum absolute atomic E-state index is 0. The van der Waals surface area contributed by atoms with E-state index in [2.05, 4.69) is 10.6 Å². The molecule has 2 N–H and O–H groups in total. The van der Waals surface area contributed by atoms with Crippen LogP contribution in [0.2, 0.25) is 0 Å². The van der Waals surface area contributed by atoms with E-state index in [9.17, 15) is 10.4 Å². The molecule has 10 nitrogen and oxygen atoms in total. The summed E-state index contributed by atoms with van der Waals surface area (Å²) in [5.41, 5.74) is 0. The Hall–Kier alpha value is 0.000000000000000222. The van der Waals surface area contributed by atoms with Crippen molar-refractivity contribution in [1.29, 1.82) is 0 Å². The van der Waals surface area contributed by atoms with Gasteiger partial charge in [0.2, 0.25) is 10.6 Å². The van der Waals surface area contributed by atoms with Gasteiger partial charge in [-0.25, -0.2) is 0 Å². The Morgan fingerprint density at radius 3 is 1.33 bits per heavy atom. The Morgan fingerprint density at radius 1 is 0.857 bits per heavy atom. The first-order valence-electron chi connectivity index (χ1n) is 6.02. The van der Waals surface area contributed by atoms with Crippen LogP contribution in [0.25, 0.3) is 0 Å². The van der Waals surface area contributed by atoms with Gasteiger partial charge in [0.25, 0.3) is 0 Å². The van der Waals surface area contributed by atoms with Crippen molar-refractivity contribution >= 4 is 0 Å². The average Bonchev–Trinajstić information content (AvgIpc) is 2.36. The molecular weight excluding hydrogens is 302 g/mol. The second-order valence-electron chi connectivity index (χ2n) is 4.55. The third-order valence-corrected chi connectivity index (χ3v) is 2.56. The summed E-state index contributed by atoms with van der Waals surface area (Å²) >= 11 is 0. The molecule has 0 unspecified atom stereocenters. The average molecular weight is 324 g/mol. The summed E-state index contributed by atoms with van der Waals surface area (Å²) < 4.78 is 0. The number of nitrogens with zero attached hydrogens (tertiary/aromatic N) is 6. The van der Waals surface area contributed by atoms with Crippen LogP contribution in [0.5, 0.6) is 0 Å². The number of rotatable bonds is 8. The predicted octanol–water partition coefficient (Wildman–Crippen LogP) is -4.66. The van der Waals surface area contributed by atoms with E-state index >= 15 is 0 Å². The molecule has 0 radical (unpaired) electrons. The molecular formula is C9H22N6Na2O4+2. The summed E-state index contributed by atoms with van der Waals surface area (Å²) in [4.78, 5) is 0.214. The summed E-state index contributed by atoms with van der Waals surface area (Å²) in [6.07, 6.45) is 0.457. The molecule has 0 aromatic carbocycles. The maximum atomic E-state index is 11.2. The quantitative estimate of drug-likeness (QED) is 0.200. The Labute approximate surface area is 168 Å². The number of hydrogen-bond acceptors (Lipinski definition) is 4. The van der Waals surface area contributed by atoms with Gasteiger partial charge in [-0.1, -0.05) is 0 Å². The van der Waals surface area contributed by atoms with Crippen LogP contribution < -0.4 is 59.1 Å². The van der Waals surface area contributed by atoms with Gasteiger partial charge in [-0.2, -0.15) is 0 Å². The van der Waals surface area contributed by atoms with E-state index in [0.717, 1.165) is 0 Å². The van der Waals surface area contributed by atoms with Crippen molar-refractivity contribution in [3.05, 3.63) is 10.4 Å². The fourth-order valence-electron chi connectivity index (χ4n) is 1.58. The molecule has 0 aliphatic heterocycles. The van der Waals surface area contributed by atoms with Crippen LogP contribution in [0, 0.1) is 10.4 Å². The SMILES string of the molecule is CC(C)N(CCCN(C(C)C)[N+]([O-])=NO)[N+]([O-])=NO.[Na+].[Na+]. The Kier molecular flexibility index (Phi) is 16.8. The molecule has 0 fully saturated rings. The van der Waals surface area contributed by atoms with Crippen molar-refractivity contribution in [1.82, 2.24) is 10.0 Å². The van der Waals surface area contributed by atoms with E-state index in [1.165, 1.54) is 10.0 Å². The maximum absolute atomic E-state index is 11.2. The monoisotopic (exact) mass is 324 g/mol. The zero-order valence-corrected chi connectivity index (χ0v) is 17.7. The van der Waals surface area contributed by atoms with Crippen molar-refractivity contribution in [2.45, 2.75) is 46.2 Å². The fraction of sp³-hybridized carbons (Fsp3) is 1.00. The maximum Gasteiger partial charge on any atom is 1.00 e. The van der Waals surface area contributed by atoms with Crippen molar-refractivity contribution in [3.8, 4) is 0 Å². The van der Waals surface area contributed by atoms with Gasteiger partial charge in [-0.05, 0) is 34.1 Å². The van der Waals surface area contributed by atoms with Crippen LogP contribution >= 0.6 is 0 Å². The first-order chi connectivity index (χ1) is 8.84. The van der Waals surface area contributed by atoms with Crippen LogP contribution in [-0.2, 0) is 0 Å². The van der Waals surface area contributed by atoms with Gasteiger partial charge in [-0.15, -0.1) is 10.0 Å². The second kappa shape index (κ2) is 13.6. The number of hydrazine groups is 2. The Bertz CT molecular complexity index is 299. The molecule has 0 atom stereocenters. The van der Waals surface area contributed by atoms with Gasteiger partial charge >= 0.3 is 59.1 Å². The molecule has 0 saturated heterocycles. The molecule has 0 bridgehead atoms. The van der Waals surface area contributed by atoms with Crippen LogP contribution in [-0.4, -0.2) is 55.5 Å². The third-order valence-electron chi connectivity index (χ3n) is 2.56.